The van der Waals surface area contributed by atoms with E-state index in [1.807, 2.05) is 51.1 Å². The Bertz CT molecular complexity index is 1550. The molecule has 2 unspecified atom stereocenters. The Labute approximate surface area is 286 Å². The number of rotatable bonds is 14. The largest absolute Gasteiger partial charge is 0.489 e. The van der Waals surface area contributed by atoms with Gasteiger partial charge in [0.15, 0.2) is 0 Å². The smallest absolute Gasteiger partial charge is 0.407 e. The minimum atomic E-state index is -0.582. The second kappa shape index (κ2) is 17.2. The van der Waals surface area contributed by atoms with Gasteiger partial charge in [-0.3, -0.25) is 0 Å². The molecule has 4 rings (SSSR count). The van der Waals surface area contributed by atoms with Crippen molar-refractivity contribution in [2.24, 2.45) is 9.98 Å². The van der Waals surface area contributed by atoms with Gasteiger partial charge in [0, 0.05) is 35.3 Å². The number of hydrogen-bond donors (Lipinski definition) is 1. The molecule has 1 heterocycles. The van der Waals surface area contributed by atoms with Crippen molar-refractivity contribution < 1.29 is 19.0 Å². The molecule has 9 heteroatoms. The van der Waals surface area contributed by atoms with Gasteiger partial charge < -0.3 is 29.3 Å². The molecular weight excluding hydrogens is 602 g/mol. The fourth-order valence-corrected chi connectivity index (χ4v) is 5.99. The van der Waals surface area contributed by atoms with Gasteiger partial charge in [0.1, 0.15) is 24.6 Å². The molecule has 0 bridgehead atoms. The predicted molar refractivity (Wildman–Crippen MR) is 197 cm³/mol. The lowest BCUT2D eigenvalue weighted by atomic mass is 10.0. The highest BCUT2D eigenvalue weighted by Crippen LogP contribution is 2.35. The number of nitrogens with zero attached hydrogens (tertiary/aromatic N) is 4. The van der Waals surface area contributed by atoms with E-state index < -0.39 is 11.7 Å². The second-order valence-corrected chi connectivity index (χ2v) is 13.6. The van der Waals surface area contributed by atoms with E-state index in [0.29, 0.717) is 37.9 Å². The Hall–Kier alpha value is -4.37. The molecule has 3 atom stereocenters. The fraction of sp³-hybridized carbons (Fsp3) is 0.462. The number of nitrogens with one attached hydrogen (secondary N) is 1. The third kappa shape index (κ3) is 10.8. The number of amidine groups is 1. The monoisotopic (exact) mass is 655 g/mol. The molecule has 1 N–H and O–H groups in total. The normalized spacial score (nSPS) is 16.6. The number of carbonyl (C=O) groups excluding carboxylic acids is 1. The first kappa shape index (κ1) is 36.5. The first-order chi connectivity index (χ1) is 23.0. The number of fused-ring (bicyclic) bond motifs is 1. The van der Waals surface area contributed by atoms with E-state index in [9.17, 15) is 4.79 Å². The first-order valence-corrected chi connectivity index (χ1v) is 17.0. The minimum absolute atomic E-state index is 0.0437. The highest BCUT2D eigenvalue weighted by Gasteiger charge is 2.26. The number of likely N-dealkylation sites (tertiary alicyclic amines) is 1. The highest BCUT2D eigenvalue weighted by atomic mass is 16.6. The summed E-state index contributed by atoms with van der Waals surface area (Å²) in [6, 6.07) is 23.0. The summed E-state index contributed by atoms with van der Waals surface area (Å²) >= 11 is 0. The Morgan fingerprint density at radius 3 is 2.52 bits per heavy atom. The fourth-order valence-electron chi connectivity index (χ4n) is 5.99. The molecule has 3 aromatic carbocycles. The molecule has 9 nitrogen and oxygen atoms in total. The molecule has 0 aromatic heterocycles. The van der Waals surface area contributed by atoms with Crippen molar-refractivity contribution in [2.75, 3.05) is 31.6 Å². The lowest BCUT2D eigenvalue weighted by molar-refractivity contribution is 0.0499. The van der Waals surface area contributed by atoms with Gasteiger partial charge in [-0.25, -0.2) is 9.79 Å². The summed E-state index contributed by atoms with van der Waals surface area (Å²) in [7, 11) is 2.11. The van der Waals surface area contributed by atoms with E-state index in [0.717, 1.165) is 53.6 Å². The van der Waals surface area contributed by atoms with Crippen LogP contribution in [0.4, 0.5) is 10.5 Å². The highest BCUT2D eigenvalue weighted by molar-refractivity contribution is 5.96. The summed E-state index contributed by atoms with van der Waals surface area (Å²) < 4.78 is 17.9. The number of amides is 1. The van der Waals surface area contributed by atoms with Gasteiger partial charge >= 0.3 is 12.1 Å². The van der Waals surface area contributed by atoms with E-state index in [1.165, 1.54) is 0 Å². The molecule has 3 aromatic rings. The molecule has 258 valence electrons. The van der Waals surface area contributed by atoms with Gasteiger partial charge in [0.25, 0.3) is 0 Å². The van der Waals surface area contributed by atoms with Crippen LogP contribution in [0.2, 0.25) is 0 Å². The van der Waals surface area contributed by atoms with E-state index in [-0.39, 0.29) is 18.1 Å². The second-order valence-electron chi connectivity index (χ2n) is 13.6. The minimum Gasteiger partial charge on any atom is -0.489 e. The molecule has 1 fully saturated rings. The Morgan fingerprint density at radius 1 is 1.12 bits per heavy atom. The van der Waals surface area contributed by atoms with Crippen molar-refractivity contribution in [1.82, 2.24) is 10.2 Å². The van der Waals surface area contributed by atoms with Crippen LogP contribution in [0.3, 0.4) is 0 Å². The van der Waals surface area contributed by atoms with Crippen LogP contribution in [0.5, 0.6) is 5.75 Å². The SMILES string of the molecule is C=N/C(=N\C(=C)CN(c1cc(OCc2ccccc2)cc2ccccc12)C(C)CC(CC)NC(=O)OC(C)(C)C)OC[C@@H]1CCCN1C. The quantitative estimate of drug-likeness (QED) is 0.140. The summed E-state index contributed by atoms with van der Waals surface area (Å²) in [6.07, 6.45) is 3.22. The van der Waals surface area contributed by atoms with E-state index in [1.54, 1.807) is 0 Å². The van der Waals surface area contributed by atoms with Gasteiger partial charge in [-0.05, 0) is 90.7 Å². The van der Waals surface area contributed by atoms with E-state index >= 15 is 0 Å². The van der Waals surface area contributed by atoms with Crippen LogP contribution in [-0.4, -0.2) is 74.2 Å². The Morgan fingerprint density at radius 2 is 1.85 bits per heavy atom. The molecule has 0 aliphatic carbocycles. The molecule has 1 aliphatic heterocycles. The lowest BCUT2D eigenvalue weighted by Gasteiger charge is -2.35. The van der Waals surface area contributed by atoms with Crippen LogP contribution >= 0.6 is 0 Å². The molecule has 1 saturated heterocycles. The standard InChI is InChI=1S/C39H53N5O4/c1-9-32(42-38(45)48-39(4,5)6)22-29(3)44(25-28(2)41-37(40-7)47-27-33-19-15-21-43(33)8)36-24-34(23-31-18-13-14-20-35(31)36)46-26-30-16-11-10-12-17-30/h10-14,16-18,20,23-24,29,32-33H,2,7,9,15,19,21-22,25-27H2,1,3-6,8H3,(H,42,45)/b41-37+/t29?,32?,33-/m0/s1. The summed E-state index contributed by atoms with van der Waals surface area (Å²) in [5.41, 5.74) is 2.07. The van der Waals surface area contributed by atoms with Crippen LogP contribution in [0.25, 0.3) is 10.8 Å². The third-order valence-electron chi connectivity index (χ3n) is 8.56. The zero-order chi connectivity index (χ0) is 34.7. The maximum Gasteiger partial charge on any atom is 0.407 e. The van der Waals surface area contributed by atoms with Crippen LogP contribution in [0.15, 0.2) is 89.0 Å². The number of likely N-dealkylation sites (N-methyl/N-ethyl adjacent to an activating group) is 1. The van der Waals surface area contributed by atoms with E-state index in [4.69, 9.17) is 14.2 Å². The topological polar surface area (TPSA) is 88.0 Å². The molecular formula is C39H53N5O4. The summed E-state index contributed by atoms with van der Waals surface area (Å²) in [6.45, 7) is 20.3. The number of benzene rings is 3. The lowest BCUT2D eigenvalue weighted by Crippen LogP contribution is -2.44. The molecule has 0 radical (unpaired) electrons. The van der Waals surface area contributed by atoms with Crippen molar-refractivity contribution in [2.45, 2.75) is 90.6 Å². The molecule has 1 amide bonds. The zero-order valence-corrected chi connectivity index (χ0v) is 29.6. The third-order valence-corrected chi connectivity index (χ3v) is 8.56. The number of hydrogen-bond acceptors (Lipinski definition) is 7. The number of anilines is 1. The predicted octanol–water partition coefficient (Wildman–Crippen LogP) is 7.99. The average molecular weight is 656 g/mol. The molecule has 48 heavy (non-hydrogen) atoms. The van der Waals surface area contributed by atoms with Gasteiger partial charge in [-0.15, -0.1) is 0 Å². The van der Waals surface area contributed by atoms with Crippen LogP contribution < -0.4 is 15.0 Å². The maximum atomic E-state index is 12.7. The van der Waals surface area contributed by atoms with Gasteiger partial charge in [0.05, 0.1) is 12.2 Å². The van der Waals surface area contributed by atoms with Crippen molar-refractivity contribution >= 4 is 35.3 Å². The summed E-state index contributed by atoms with van der Waals surface area (Å²) in [4.78, 5) is 26.1. The average Bonchev–Trinajstić information content (AvgIpc) is 3.47. The zero-order valence-electron chi connectivity index (χ0n) is 29.6. The van der Waals surface area contributed by atoms with Crippen molar-refractivity contribution in [3.63, 3.8) is 0 Å². The number of alkyl carbamates (subject to hydrolysis) is 1. The van der Waals surface area contributed by atoms with Crippen LogP contribution in [0, 0.1) is 0 Å². The number of aliphatic imine (C=N–C) groups is 2. The van der Waals surface area contributed by atoms with Crippen LogP contribution in [0.1, 0.15) is 65.9 Å². The summed E-state index contributed by atoms with van der Waals surface area (Å²) in [5, 5.41) is 5.21. The van der Waals surface area contributed by atoms with Crippen molar-refractivity contribution in [3.05, 3.63) is 84.6 Å². The molecule has 1 aliphatic rings. The van der Waals surface area contributed by atoms with Crippen molar-refractivity contribution in [3.8, 4) is 5.75 Å². The Balaban J connectivity index is 1.64. The van der Waals surface area contributed by atoms with Gasteiger partial charge in [-0.1, -0.05) is 68.1 Å². The molecule has 0 spiro atoms. The summed E-state index contributed by atoms with van der Waals surface area (Å²) in [5.74, 6) is 0.759. The van der Waals surface area contributed by atoms with E-state index in [2.05, 4.69) is 95.7 Å². The first-order valence-electron chi connectivity index (χ1n) is 17.0. The van der Waals surface area contributed by atoms with Gasteiger partial charge in [-0.2, -0.15) is 4.99 Å². The number of carbonyl (C=O) groups is 1. The van der Waals surface area contributed by atoms with Crippen LogP contribution in [-0.2, 0) is 16.1 Å². The molecule has 0 saturated carbocycles. The number of ether oxygens (including phenoxy) is 3. The van der Waals surface area contributed by atoms with Gasteiger partial charge in [0.2, 0.25) is 0 Å². The Kier molecular flexibility index (Phi) is 13.0. The maximum absolute atomic E-state index is 12.7. The van der Waals surface area contributed by atoms with Crippen molar-refractivity contribution in [1.29, 1.82) is 0 Å².